The number of hydrogen-bond donors (Lipinski definition) is 0. The number of aromatic nitrogens is 4. The number of fused-ring (bicyclic) bond motifs is 1. The van der Waals surface area contributed by atoms with Crippen LogP contribution in [0, 0.1) is 0 Å². The molecule has 1 aromatic carbocycles. The lowest BCUT2D eigenvalue weighted by atomic mass is 9.92. The van der Waals surface area contributed by atoms with Crippen molar-refractivity contribution in [1.82, 2.24) is 19.4 Å². The summed E-state index contributed by atoms with van der Waals surface area (Å²) in [6.07, 6.45) is 15.3. The standard InChI is InChI=1S/C23H22N4/c1-26-16-20(14-24-26)17-9-11-19(12-10-17)22-15-25-27-13-5-8-21(23(22)27)18-6-3-2-4-7-18/h5-6,8-16H,2-4,7H2,1H3. The molecular formula is C23H22N4. The van der Waals surface area contributed by atoms with Crippen molar-refractivity contribution in [3.63, 3.8) is 0 Å². The number of pyridine rings is 1. The maximum Gasteiger partial charge on any atom is 0.0814 e. The third kappa shape index (κ3) is 2.87. The van der Waals surface area contributed by atoms with E-state index in [9.17, 15) is 0 Å². The predicted molar refractivity (Wildman–Crippen MR) is 109 cm³/mol. The number of nitrogens with zero attached hydrogens (tertiary/aromatic N) is 4. The fourth-order valence-electron chi connectivity index (χ4n) is 4.01. The van der Waals surface area contributed by atoms with E-state index in [-0.39, 0.29) is 0 Å². The van der Waals surface area contributed by atoms with Crippen molar-refractivity contribution in [3.05, 3.63) is 72.8 Å². The van der Waals surface area contributed by atoms with Crippen LogP contribution in [0.3, 0.4) is 0 Å². The van der Waals surface area contributed by atoms with Crippen molar-refractivity contribution in [2.75, 3.05) is 0 Å². The summed E-state index contributed by atoms with van der Waals surface area (Å²) in [5.41, 5.74) is 8.69. The molecule has 0 N–H and O–H groups in total. The molecule has 3 heterocycles. The Morgan fingerprint density at radius 3 is 2.44 bits per heavy atom. The zero-order valence-corrected chi connectivity index (χ0v) is 15.5. The van der Waals surface area contributed by atoms with Gasteiger partial charge < -0.3 is 0 Å². The van der Waals surface area contributed by atoms with Gasteiger partial charge in [0.05, 0.1) is 17.9 Å². The molecule has 0 bridgehead atoms. The summed E-state index contributed by atoms with van der Waals surface area (Å²) in [4.78, 5) is 0. The predicted octanol–water partition coefficient (Wildman–Crippen LogP) is 5.36. The zero-order chi connectivity index (χ0) is 18.2. The Kier molecular flexibility index (Phi) is 3.89. The third-order valence-corrected chi connectivity index (χ3v) is 5.41. The molecule has 1 aliphatic rings. The molecule has 0 saturated carbocycles. The van der Waals surface area contributed by atoms with Gasteiger partial charge in [0.25, 0.3) is 0 Å². The fraction of sp³-hybridized carbons (Fsp3) is 0.217. The second-order valence-electron chi connectivity index (χ2n) is 7.23. The average Bonchev–Trinajstić information content (AvgIpc) is 3.35. The van der Waals surface area contributed by atoms with E-state index in [0.717, 1.165) is 12.0 Å². The Hall–Kier alpha value is -3.14. The Morgan fingerprint density at radius 1 is 0.852 bits per heavy atom. The smallest absolute Gasteiger partial charge is 0.0814 e. The molecule has 0 fully saturated rings. The lowest BCUT2D eigenvalue weighted by molar-refractivity contribution is 0.742. The molecule has 4 aromatic rings. The minimum Gasteiger partial charge on any atom is -0.275 e. The molecule has 0 radical (unpaired) electrons. The normalized spacial score (nSPS) is 14.5. The molecule has 0 atom stereocenters. The van der Waals surface area contributed by atoms with Gasteiger partial charge in [0.1, 0.15) is 0 Å². The molecule has 0 unspecified atom stereocenters. The summed E-state index contributed by atoms with van der Waals surface area (Å²) in [5.74, 6) is 0. The van der Waals surface area contributed by atoms with Crippen molar-refractivity contribution in [2.45, 2.75) is 25.7 Å². The highest BCUT2D eigenvalue weighted by atomic mass is 15.2. The van der Waals surface area contributed by atoms with E-state index in [1.54, 1.807) is 0 Å². The van der Waals surface area contributed by atoms with Crippen LogP contribution in [0.15, 0.2) is 67.3 Å². The van der Waals surface area contributed by atoms with E-state index in [2.05, 4.69) is 52.7 Å². The van der Waals surface area contributed by atoms with Gasteiger partial charge >= 0.3 is 0 Å². The molecular weight excluding hydrogens is 332 g/mol. The van der Waals surface area contributed by atoms with Crippen LogP contribution in [-0.2, 0) is 7.05 Å². The SMILES string of the molecule is Cn1cc(-c2ccc(-c3cnn4cccc(C5=CCCCC5)c34)cc2)cn1. The van der Waals surface area contributed by atoms with Crippen LogP contribution in [0.5, 0.6) is 0 Å². The highest BCUT2D eigenvalue weighted by molar-refractivity contribution is 5.90. The first-order chi connectivity index (χ1) is 13.3. The first-order valence-electron chi connectivity index (χ1n) is 9.55. The van der Waals surface area contributed by atoms with E-state index in [1.807, 2.05) is 41.0 Å². The van der Waals surface area contributed by atoms with Crippen molar-refractivity contribution in [3.8, 4) is 22.3 Å². The zero-order valence-electron chi connectivity index (χ0n) is 15.5. The molecule has 4 heteroatoms. The summed E-state index contributed by atoms with van der Waals surface area (Å²) < 4.78 is 3.84. The number of allylic oxidation sites excluding steroid dienone is 2. The quantitative estimate of drug-likeness (QED) is 0.496. The Labute approximate surface area is 158 Å². The molecule has 3 aromatic heterocycles. The second-order valence-corrected chi connectivity index (χ2v) is 7.23. The highest BCUT2D eigenvalue weighted by Crippen LogP contribution is 2.35. The van der Waals surface area contributed by atoms with Crippen molar-refractivity contribution in [2.24, 2.45) is 7.05 Å². The van der Waals surface area contributed by atoms with Crippen LogP contribution in [0.2, 0.25) is 0 Å². The van der Waals surface area contributed by atoms with Crippen LogP contribution < -0.4 is 0 Å². The first kappa shape index (κ1) is 16.1. The van der Waals surface area contributed by atoms with Crippen LogP contribution in [-0.4, -0.2) is 19.4 Å². The van der Waals surface area contributed by atoms with Gasteiger partial charge in [0, 0.05) is 36.1 Å². The van der Waals surface area contributed by atoms with E-state index in [1.165, 1.54) is 52.6 Å². The van der Waals surface area contributed by atoms with Crippen LogP contribution in [0.25, 0.3) is 33.3 Å². The molecule has 1 aliphatic carbocycles. The number of rotatable bonds is 3. The topological polar surface area (TPSA) is 35.1 Å². The molecule has 0 saturated heterocycles. The van der Waals surface area contributed by atoms with Crippen molar-refractivity contribution >= 4 is 11.1 Å². The van der Waals surface area contributed by atoms with Gasteiger partial charge in [-0.2, -0.15) is 10.2 Å². The van der Waals surface area contributed by atoms with Gasteiger partial charge in [0.15, 0.2) is 0 Å². The molecule has 27 heavy (non-hydrogen) atoms. The summed E-state index contributed by atoms with van der Waals surface area (Å²) in [6.45, 7) is 0. The number of benzene rings is 1. The molecule has 5 rings (SSSR count). The van der Waals surface area contributed by atoms with E-state index in [0.29, 0.717) is 0 Å². The van der Waals surface area contributed by atoms with Crippen molar-refractivity contribution < 1.29 is 0 Å². The number of hydrogen-bond acceptors (Lipinski definition) is 2. The largest absolute Gasteiger partial charge is 0.275 e. The maximum atomic E-state index is 4.61. The minimum atomic E-state index is 1.14. The first-order valence-corrected chi connectivity index (χ1v) is 9.55. The lowest BCUT2D eigenvalue weighted by Gasteiger charge is -2.15. The van der Waals surface area contributed by atoms with Gasteiger partial charge in [-0.25, -0.2) is 4.52 Å². The van der Waals surface area contributed by atoms with Crippen LogP contribution in [0.4, 0.5) is 0 Å². The van der Waals surface area contributed by atoms with Gasteiger partial charge in [-0.1, -0.05) is 36.4 Å². The maximum absolute atomic E-state index is 4.61. The Balaban J connectivity index is 1.60. The molecule has 0 spiro atoms. The average molecular weight is 354 g/mol. The fourth-order valence-corrected chi connectivity index (χ4v) is 4.01. The summed E-state index contributed by atoms with van der Waals surface area (Å²) in [6, 6.07) is 13.0. The molecule has 0 aliphatic heterocycles. The lowest BCUT2D eigenvalue weighted by Crippen LogP contribution is -1.96. The van der Waals surface area contributed by atoms with E-state index < -0.39 is 0 Å². The number of aryl methyl sites for hydroxylation is 1. The highest BCUT2D eigenvalue weighted by Gasteiger charge is 2.15. The van der Waals surface area contributed by atoms with Crippen LogP contribution in [0.1, 0.15) is 31.2 Å². The third-order valence-electron chi connectivity index (χ3n) is 5.41. The summed E-state index contributed by atoms with van der Waals surface area (Å²) in [5, 5.41) is 8.88. The minimum absolute atomic E-state index is 1.14. The van der Waals surface area contributed by atoms with Gasteiger partial charge in [0.2, 0.25) is 0 Å². The Bertz CT molecular complexity index is 1130. The Morgan fingerprint density at radius 2 is 1.70 bits per heavy atom. The monoisotopic (exact) mass is 354 g/mol. The summed E-state index contributed by atoms with van der Waals surface area (Å²) >= 11 is 0. The molecule has 0 amide bonds. The van der Waals surface area contributed by atoms with Gasteiger partial charge in [-0.05, 0) is 48.4 Å². The van der Waals surface area contributed by atoms with Crippen LogP contribution >= 0.6 is 0 Å². The molecule has 134 valence electrons. The second kappa shape index (κ2) is 6.54. The van der Waals surface area contributed by atoms with Gasteiger partial charge in [-0.15, -0.1) is 0 Å². The summed E-state index contributed by atoms with van der Waals surface area (Å²) in [7, 11) is 1.94. The van der Waals surface area contributed by atoms with Gasteiger partial charge in [-0.3, -0.25) is 4.68 Å². The van der Waals surface area contributed by atoms with E-state index in [4.69, 9.17) is 0 Å². The van der Waals surface area contributed by atoms with Crippen molar-refractivity contribution in [1.29, 1.82) is 0 Å². The molecule has 4 nitrogen and oxygen atoms in total. The van der Waals surface area contributed by atoms with E-state index >= 15 is 0 Å².